The Morgan fingerprint density at radius 2 is 2.50 bits per heavy atom. The van der Waals surface area contributed by atoms with E-state index in [9.17, 15) is 4.79 Å². The number of amides is 1. The quantitative estimate of drug-likeness (QED) is 0.858. The van der Waals surface area contributed by atoms with Gasteiger partial charge in [0.25, 0.3) is 0 Å². The molecule has 0 spiro atoms. The molecule has 2 N–H and O–H groups in total. The summed E-state index contributed by atoms with van der Waals surface area (Å²) in [6, 6.07) is 3.91. The highest BCUT2D eigenvalue weighted by atomic mass is 32.1. The first-order valence-electron chi connectivity index (χ1n) is 7.77. The summed E-state index contributed by atoms with van der Waals surface area (Å²) < 4.78 is 5.42. The molecular formula is C16H21N3O2S. The van der Waals surface area contributed by atoms with Crippen LogP contribution in [0.5, 0.6) is 0 Å². The number of hydrogen-bond acceptors (Lipinski definition) is 5. The van der Waals surface area contributed by atoms with Gasteiger partial charge in [-0.15, -0.1) is 11.3 Å². The fourth-order valence-electron chi connectivity index (χ4n) is 2.71. The Morgan fingerprint density at radius 1 is 1.55 bits per heavy atom. The van der Waals surface area contributed by atoms with Crippen LogP contribution < -0.4 is 10.6 Å². The molecule has 2 aromatic rings. The number of piperidine rings is 1. The second-order valence-corrected chi connectivity index (χ2v) is 6.60. The molecule has 5 nitrogen and oxygen atoms in total. The van der Waals surface area contributed by atoms with Gasteiger partial charge in [-0.25, -0.2) is 4.98 Å². The van der Waals surface area contributed by atoms with Crippen molar-refractivity contribution in [3.05, 3.63) is 29.5 Å². The molecular weight excluding hydrogens is 298 g/mol. The molecule has 3 heterocycles. The largest absolute Gasteiger partial charge is 0.444 e. The van der Waals surface area contributed by atoms with E-state index in [0.29, 0.717) is 17.5 Å². The van der Waals surface area contributed by atoms with Gasteiger partial charge in [-0.1, -0.05) is 6.07 Å². The van der Waals surface area contributed by atoms with Crippen molar-refractivity contribution in [2.24, 2.45) is 5.92 Å². The number of thiophene rings is 1. The van der Waals surface area contributed by atoms with Crippen molar-refractivity contribution in [2.45, 2.75) is 25.7 Å². The lowest BCUT2D eigenvalue weighted by Gasteiger charge is -2.22. The summed E-state index contributed by atoms with van der Waals surface area (Å²) in [5.41, 5.74) is 0.681. The van der Waals surface area contributed by atoms with Gasteiger partial charge in [-0.2, -0.15) is 0 Å². The molecule has 22 heavy (non-hydrogen) atoms. The van der Waals surface area contributed by atoms with Crippen LogP contribution in [-0.2, 0) is 11.2 Å². The van der Waals surface area contributed by atoms with Crippen molar-refractivity contribution < 1.29 is 9.21 Å². The first-order chi connectivity index (χ1) is 10.8. The van der Waals surface area contributed by atoms with E-state index in [4.69, 9.17) is 4.42 Å². The molecule has 0 aliphatic carbocycles. The number of rotatable bonds is 6. The van der Waals surface area contributed by atoms with Gasteiger partial charge >= 0.3 is 0 Å². The number of aromatic nitrogens is 1. The summed E-state index contributed by atoms with van der Waals surface area (Å²) in [6.07, 6.45) is 5.38. The Kier molecular flexibility index (Phi) is 5.24. The van der Waals surface area contributed by atoms with Gasteiger partial charge < -0.3 is 15.1 Å². The molecule has 1 amide bonds. The van der Waals surface area contributed by atoms with Crippen LogP contribution in [0, 0.1) is 5.92 Å². The van der Waals surface area contributed by atoms with Crippen molar-refractivity contribution in [2.75, 3.05) is 19.6 Å². The minimum atomic E-state index is 0.00907. The molecule has 3 rings (SSSR count). The summed E-state index contributed by atoms with van der Waals surface area (Å²) in [7, 11) is 0. The number of carbonyl (C=O) groups is 1. The van der Waals surface area contributed by atoms with E-state index in [2.05, 4.69) is 15.6 Å². The molecule has 1 atom stereocenters. The maximum Gasteiger partial charge on any atom is 0.236 e. The van der Waals surface area contributed by atoms with Gasteiger partial charge in [-0.3, -0.25) is 4.79 Å². The lowest BCUT2D eigenvalue weighted by Crippen LogP contribution is -2.33. The molecule has 0 saturated carbocycles. The van der Waals surface area contributed by atoms with Gasteiger partial charge in [0.2, 0.25) is 11.8 Å². The van der Waals surface area contributed by atoms with E-state index in [-0.39, 0.29) is 12.3 Å². The maximum absolute atomic E-state index is 11.9. The molecule has 1 aliphatic rings. The predicted octanol–water partition coefficient (Wildman–Crippen LogP) is 2.45. The molecule has 0 bridgehead atoms. The Balaban J connectivity index is 1.42. The van der Waals surface area contributed by atoms with Crippen molar-refractivity contribution in [1.82, 2.24) is 15.6 Å². The average Bonchev–Trinajstić information content (AvgIpc) is 3.19. The lowest BCUT2D eigenvalue weighted by atomic mass is 9.96. The monoisotopic (exact) mass is 319 g/mol. The van der Waals surface area contributed by atoms with Crippen LogP contribution in [-0.4, -0.2) is 30.5 Å². The normalized spacial score (nSPS) is 18.3. The summed E-state index contributed by atoms with van der Waals surface area (Å²) in [4.78, 5) is 17.3. The highest BCUT2D eigenvalue weighted by Gasteiger charge is 2.14. The minimum absolute atomic E-state index is 0.00907. The topological polar surface area (TPSA) is 67.2 Å². The van der Waals surface area contributed by atoms with Gasteiger partial charge in [0.05, 0.1) is 17.0 Å². The molecule has 0 radical (unpaired) electrons. The van der Waals surface area contributed by atoms with Gasteiger partial charge in [0, 0.05) is 6.54 Å². The Labute approximate surface area is 134 Å². The smallest absolute Gasteiger partial charge is 0.236 e. The SMILES string of the molecule is O=C(Cc1coc(-c2cccs2)n1)NCCC1CCCNC1. The number of nitrogens with zero attached hydrogens (tertiary/aromatic N) is 1. The molecule has 118 valence electrons. The van der Waals surface area contributed by atoms with Crippen LogP contribution in [0.1, 0.15) is 25.0 Å². The fraction of sp³-hybridized carbons (Fsp3) is 0.500. The molecule has 2 aromatic heterocycles. The summed E-state index contributed by atoms with van der Waals surface area (Å²) in [5, 5.41) is 8.35. The van der Waals surface area contributed by atoms with E-state index < -0.39 is 0 Å². The summed E-state index contributed by atoms with van der Waals surface area (Å²) >= 11 is 1.58. The first kappa shape index (κ1) is 15.2. The summed E-state index contributed by atoms with van der Waals surface area (Å²) in [5.74, 6) is 1.28. The zero-order chi connectivity index (χ0) is 15.2. The molecule has 1 unspecified atom stereocenters. The van der Waals surface area contributed by atoms with Crippen LogP contribution in [0.4, 0.5) is 0 Å². The third-order valence-electron chi connectivity index (χ3n) is 3.90. The van der Waals surface area contributed by atoms with Gasteiger partial charge in [-0.05, 0) is 49.7 Å². The molecule has 1 saturated heterocycles. The highest BCUT2D eigenvalue weighted by molar-refractivity contribution is 7.13. The van der Waals surface area contributed by atoms with Crippen molar-refractivity contribution in [3.8, 4) is 10.8 Å². The van der Waals surface area contributed by atoms with Crippen LogP contribution >= 0.6 is 11.3 Å². The molecule has 1 fully saturated rings. The third-order valence-corrected chi connectivity index (χ3v) is 4.76. The first-order valence-corrected chi connectivity index (χ1v) is 8.65. The lowest BCUT2D eigenvalue weighted by molar-refractivity contribution is -0.120. The number of nitrogens with one attached hydrogen (secondary N) is 2. The summed E-state index contributed by atoms with van der Waals surface area (Å²) in [6.45, 7) is 2.94. The zero-order valence-corrected chi connectivity index (χ0v) is 13.3. The maximum atomic E-state index is 11.9. The Morgan fingerprint density at radius 3 is 3.27 bits per heavy atom. The predicted molar refractivity (Wildman–Crippen MR) is 86.7 cm³/mol. The number of carbonyl (C=O) groups excluding carboxylic acids is 1. The van der Waals surface area contributed by atoms with Crippen molar-refractivity contribution in [3.63, 3.8) is 0 Å². The second-order valence-electron chi connectivity index (χ2n) is 5.65. The van der Waals surface area contributed by atoms with Crippen molar-refractivity contribution >= 4 is 17.2 Å². The second kappa shape index (κ2) is 7.56. The molecule has 1 aliphatic heterocycles. The minimum Gasteiger partial charge on any atom is -0.444 e. The molecule has 0 aromatic carbocycles. The number of oxazole rings is 1. The molecule has 6 heteroatoms. The van der Waals surface area contributed by atoms with Crippen LogP contribution in [0.25, 0.3) is 10.8 Å². The van der Waals surface area contributed by atoms with E-state index >= 15 is 0 Å². The van der Waals surface area contributed by atoms with Gasteiger partial charge in [0.1, 0.15) is 6.26 Å². The Bertz CT molecular complexity index is 588. The Hall–Kier alpha value is -1.66. The standard InChI is InChI=1S/C16H21N3O2S/c20-15(18-7-5-12-3-1-6-17-10-12)9-13-11-21-16(19-13)14-4-2-8-22-14/h2,4,8,11-12,17H,1,3,5-7,9-10H2,(H,18,20). The fourth-order valence-corrected chi connectivity index (χ4v) is 3.37. The third kappa shape index (κ3) is 4.18. The van der Waals surface area contributed by atoms with Crippen LogP contribution in [0.2, 0.25) is 0 Å². The zero-order valence-electron chi connectivity index (χ0n) is 12.5. The van der Waals surface area contributed by atoms with Gasteiger partial charge in [0.15, 0.2) is 0 Å². The average molecular weight is 319 g/mol. The van der Waals surface area contributed by atoms with Crippen molar-refractivity contribution in [1.29, 1.82) is 0 Å². The van der Waals surface area contributed by atoms with E-state index in [1.54, 1.807) is 17.6 Å². The van der Waals surface area contributed by atoms with E-state index in [0.717, 1.165) is 30.9 Å². The number of hydrogen-bond donors (Lipinski definition) is 2. The highest BCUT2D eigenvalue weighted by Crippen LogP contribution is 2.23. The van der Waals surface area contributed by atoms with Crippen LogP contribution in [0.15, 0.2) is 28.2 Å². The van der Waals surface area contributed by atoms with E-state index in [1.165, 1.54) is 12.8 Å². The van der Waals surface area contributed by atoms with Crippen LogP contribution in [0.3, 0.4) is 0 Å². The van der Waals surface area contributed by atoms with E-state index in [1.807, 2.05) is 17.5 Å².